The van der Waals surface area contributed by atoms with Crippen LogP contribution in [0, 0.1) is 29.6 Å². The predicted octanol–water partition coefficient (Wildman–Crippen LogP) is 2.48. The Kier molecular flexibility index (Phi) is 11.1. The fourth-order valence-corrected chi connectivity index (χ4v) is 6.23. The van der Waals surface area contributed by atoms with Crippen LogP contribution in [0.3, 0.4) is 0 Å². The molecule has 3 atom stereocenters. The molecule has 0 aliphatic carbocycles. The lowest BCUT2D eigenvalue weighted by Crippen LogP contribution is -2.38. The summed E-state index contributed by atoms with van der Waals surface area (Å²) < 4.78 is 0. The zero-order valence-electron chi connectivity index (χ0n) is 21.4. The van der Waals surface area contributed by atoms with E-state index in [0.717, 1.165) is 37.3 Å². The quantitative estimate of drug-likeness (QED) is 0.360. The van der Waals surface area contributed by atoms with Gasteiger partial charge >= 0.3 is 0 Å². The molecule has 37 heavy (non-hydrogen) atoms. The van der Waals surface area contributed by atoms with Crippen molar-refractivity contribution >= 4 is 40.9 Å². The lowest BCUT2D eigenvalue weighted by molar-refractivity contribution is -0.131. The maximum Gasteiger partial charge on any atom is 0.238 e. The molecule has 0 bridgehead atoms. The fraction of sp³-hybridized carbons (Fsp3) is 0.556. The summed E-state index contributed by atoms with van der Waals surface area (Å²) in [7, 11) is 0. The molecular weight excluding hydrogens is 488 g/mol. The van der Waals surface area contributed by atoms with Crippen LogP contribution in [-0.2, 0) is 14.4 Å². The third kappa shape index (κ3) is 8.41. The van der Waals surface area contributed by atoms with E-state index in [-0.39, 0.29) is 35.4 Å². The number of amides is 3. The molecule has 3 N–H and O–H groups in total. The monoisotopic (exact) mass is 524 g/mol. The van der Waals surface area contributed by atoms with E-state index >= 15 is 0 Å². The SMILES string of the molecule is C#CCNC(=O)C(C#N)CC1SC(CCNc2cccc(NC(=O)CN3CCCCC3)c2)C(=O)N1CC. The predicted molar refractivity (Wildman–Crippen MR) is 147 cm³/mol. The Morgan fingerprint density at radius 2 is 2.00 bits per heavy atom. The highest BCUT2D eigenvalue weighted by atomic mass is 32.2. The summed E-state index contributed by atoms with van der Waals surface area (Å²) in [4.78, 5) is 41.5. The topological polar surface area (TPSA) is 118 Å². The number of hydrogen-bond acceptors (Lipinski definition) is 7. The molecule has 0 saturated carbocycles. The minimum atomic E-state index is -0.863. The number of carbonyl (C=O) groups is 3. The second kappa shape index (κ2) is 14.5. The molecule has 2 saturated heterocycles. The second-order valence-corrected chi connectivity index (χ2v) is 10.6. The number of benzene rings is 1. The van der Waals surface area contributed by atoms with Gasteiger partial charge in [0.2, 0.25) is 17.7 Å². The Labute approximate surface area is 223 Å². The minimum absolute atomic E-state index is 0.0126. The molecule has 2 aliphatic heterocycles. The van der Waals surface area contributed by atoms with Crippen LogP contribution in [-0.4, -0.2) is 77.4 Å². The summed E-state index contributed by atoms with van der Waals surface area (Å²) in [6.07, 6.45) is 9.57. The summed E-state index contributed by atoms with van der Waals surface area (Å²) in [5.74, 6) is 1.08. The molecule has 3 unspecified atom stereocenters. The molecular formula is C27H36N6O3S. The number of terminal acetylenes is 1. The third-order valence-electron chi connectivity index (χ3n) is 6.54. The average Bonchev–Trinajstić information content (AvgIpc) is 3.20. The van der Waals surface area contributed by atoms with Crippen molar-refractivity contribution in [1.82, 2.24) is 15.1 Å². The van der Waals surface area contributed by atoms with E-state index < -0.39 is 11.8 Å². The normalized spacial score (nSPS) is 20.5. The Morgan fingerprint density at radius 3 is 2.70 bits per heavy atom. The highest BCUT2D eigenvalue weighted by molar-refractivity contribution is 8.01. The number of likely N-dealkylation sites (tertiary alicyclic amines) is 1. The number of piperidine rings is 1. The van der Waals surface area contributed by atoms with Crippen molar-refractivity contribution in [3.8, 4) is 18.4 Å². The molecule has 1 aromatic carbocycles. The largest absolute Gasteiger partial charge is 0.385 e. The third-order valence-corrected chi connectivity index (χ3v) is 8.07. The summed E-state index contributed by atoms with van der Waals surface area (Å²) in [6, 6.07) is 9.61. The minimum Gasteiger partial charge on any atom is -0.385 e. The molecule has 0 radical (unpaired) electrons. The average molecular weight is 525 g/mol. The van der Waals surface area contributed by atoms with E-state index in [1.807, 2.05) is 37.3 Å². The van der Waals surface area contributed by atoms with Gasteiger partial charge in [-0.25, -0.2) is 0 Å². The number of hydrogen-bond donors (Lipinski definition) is 3. The number of nitrogens with zero attached hydrogens (tertiary/aromatic N) is 3. The van der Waals surface area contributed by atoms with Crippen molar-refractivity contribution in [3.63, 3.8) is 0 Å². The van der Waals surface area contributed by atoms with Gasteiger partial charge < -0.3 is 20.9 Å². The van der Waals surface area contributed by atoms with Gasteiger partial charge in [-0.3, -0.25) is 19.3 Å². The van der Waals surface area contributed by atoms with Crippen LogP contribution in [0.2, 0.25) is 0 Å². The molecule has 3 rings (SSSR count). The Balaban J connectivity index is 1.48. The summed E-state index contributed by atoms with van der Waals surface area (Å²) >= 11 is 1.50. The molecule has 9 nitrogen and oxygen atoms in total. The van der Waals surface area contributed by atoms with Crippen LogP contribution in [0.5, 0.6) is 0 Å². The highest BCUT2D eigenvalue weighted by Crippen LogP contribution is 2.37. The number of nitriles is 1. The molecule has 2 fully saturated rings. The lowest BCUT2D eigenvalue weighted by Gasteiger charge is -2.25. The molecule has 198 valence electrons. The van der Waals surface area contributed by atoms with Crippen molar-refractivity contribution in [2.24, 2.45) is 5.92 Å². The zero-order chi connectivity index (χ0) is 26.6. The van der Waals surface area contributed by atoms with Crippen molar-refractivity contribution in [1.29, 1.82) is 5.26 Å². The maximum absolute atomic E-state index is 13.0. The van der Waals surface area contributed by atoms with Gasteiger partial charge in [-0.05, 0) is 57.5 Å². The van der Waals surface area contributed by atoms with E-state index in [0.29, 0.717) is 26.1 Å². The molecule has 0 spiro atoms. The summed E-state index contributed by atoms with van der Waals surface area (Å²) in [5.41, 5.74) is 1.60. The van der Waals surface area contributed by atoms with E-state index in [1.165, 1.54) is 18.2 Å². The first-order valence-corrected chi connectivity index (χ1v) is 13.8. The van der Waals surface area contributed by atoms with Gasteiger partial charge in [-0.2, -0.15) is 5.26 Å². The summed E-state index contributed by atoms with van der Waals surface area (Å²) in [5, 5.41) is 17.9. The highest BCUT2D eigenvalue weighted by Gasteiger charge is 2.40. The van der Waals surface area contributed by atoms with Gasteiger partial charge in [0.05, 0.1) is 29.8 Å². The number of rotatable bonds is 12. The van der Waals surface area contributed by atoms with Gasteiger partial charge in [-0.15, -0.1) is 18.2 Å². The number of thioether (sulfide) groups is 1. The Bertz CT molecular complexity index is 1030. The first-order chi connectivity index (χ1) is 17.9. The van der Waals surface area contributed by atoms with E-state index in [1.54, 1.807) is 4.90 Å². The maximum atomic E-state index is 13.0. The molecule has 2 heterocycles. The van der Waals surface area contributed by atoms with Gasteiger partial charge in [0.15, 0.2) is 0 Å². The van der Waals surface area contributed by atoms with Crippen LogP contribution in [0.25, 0.3) is 0 Å². The fourth-order valence-electron chi connectivity index (χ4n) is 4.64. The van der Waals surface area contributed by atoms with E-state index in [9.17, 15) is 19.6 Å². The molecule has 3 amide bonds. The molecule has 1 aromatic rings. The van der Waals surface area contributed by atoms with Crippen LogP contribution in [0.15, 0.2) is 24.3 Å². The van der Waals surface area contributed by atoms with E-state index in [4.69, 9.17) is 6.42 Å². The van der Waals surface area contributed by atoms with Crippen molar-refractivity contribution in [2.75, 3.05) is 49.9 Å². The van der Waals surface area contributed by atoms with Gasteiger partial charge in [0, 0.05) is 30.9 Å². The number of carbonyl (C=O) groups excluding carboxylic acids is 3. The van der Waals surface area contributed by atoms with Gasteiger partial charge in [0.1, 0.15) is 5.92 Å². The Hall–Kier alpha value is -3.21. The lowest BCUT2D eigenvalue weighted by atomic mass is 10.1. The molecule has 10 heteroatoms. The zero-order valence-corrected chi connectivity index (χ0v) is 22.2. The number of nitrogens with one attached hydrogen (secondary N) is 3. The van der Waals surface area contributed by atoms with Crippen molar-refractivity contribution in [3.05, 3.63) is 24.3 Å². The molecule has 2 aliphatic rings. The van der Waals surface area contributed by atoms with Crippen LogP contribution >= 0.6 is 11.8 Å². The smallest absolute Gasteiger partial charge is 0.238 e. The van der Waals surface area contributed by atoms with Crippen molar-refractivity contribution in [2.45, 2.75) is 49.7 Å². The van der Waals surface area contributed by atoms with Crippen molar-refractivity contribution < 1.29 is 14.4 Å². The first-order valence-electron chi connectivity index (χ1n) is 12.9. The molecule has 0 aromatic heterocycles. The van der Waals surface area contributed by atoms with Crippen LogP contribution in [0.1, 0.15) is 39.0 Å². The Morgan fingerprint density at radius 1 is 1.24 bits per heavy atom. The standard InChI is InChI=1S/C27H36N6O3S/c1-3-12-30-26(35)20(18-28)16-25-33(4-2)27(36)23(37-25)11-13-29-21-9-8-10-22(17-21)31-24(34)19-32-14-6-5-7-15-32/h1,8-10,17,20,23,25,29H,4-7,11-16,19H2,2H3,(H,30,35)(H,31,34). The first kappa shape index (κ1) is 28.4. The van der Waals surface area contributed by atoms with Gasteiger partial charge in [-0.1, -0.05) is 18.4 Å². The summed E-state index contributed by atoms with van der Waals surface area (Å²) in [6.45, 7) is 5.41. The second-order valence-electron chi connectivity index (χ2n) is 9.22. The van der Waals surface area contributed by atoms with E-state index in [2.05, 4.69) is 26.8 Å². The van der Waals surface area contributed by atoms with Crippen LogP contribution in [0.4, 0.5) is 11.4 Å². The number of anilines is 2. The van der Waals surface area contributed by atoms with Gasteiger partial charge in [0.25, 0.3) is 0 Å². The van der Waals surface area contributed by atoms with Crippen LogP contribution < -0.4 is 16.0 Å².